The summed E-state index contributed by atoms with van der Waals surface area (Å²) < 4.78 is 19.3. The Hall–Kier alpha value is -1.13. The van der Waals surface area contributed by atoms with Gasteiger partial charge in [0.15, 0.2) is 11.6 Å². The number of aliphatic hydroxyl groups excluding tert-OH is 1. The number of halogens is 1. The van der Waals surface area contributed by atoms with Crippen LogP contribution in [-0.2, 0) is 6.61 Å². The van der Waals surface area contributed by atoms with Gasteiger partial charge in [-0.3, -0.25) is 0 Å². The minimum atomic E-state index is -0.360. The molecule has 0 unspecified atom stereocenters. The molecule has 1 aromatic heterocycles. The molecule has 74 valence electrons. The maximum atomic E-state index is 13.6. The van der Waals surface area contributed by atoms with Crippen LogP contribution in [0.2, 0.25) is 0 Å². The molecule has 1 aromatic carbocycles. The van der Waals surface area contributed by atoms with Gasteiger partial charge in [-0.05, 0) is 18.2 Å². The van der Waals surface area contributed by atoms with E-state index in [1.54, 1.807) is 18.2 Å². The van der Waals surface area contributed by atoms with E-state index in [1.807, 2.05) is 0 Å². The fourth-order valence-electron chi connectivity index (χ4n) is 1.35. The molecule has 0 aliphatic carbocycles. The maximum absolute atomic E-state index is 13.6. The molecule has 2 rings (SSSR count). The van der Waals surface area contributed by atoms with E-state index in [0.29, 0.717) is 5.39 Å². The highest BCUT2D eigenvalue weighted by Gasteiger charge is 2.10. The molecular weight excluding hydrogens is 203 g/mol. The Morgan fingerprint density at radius 2 is 2.29 bits per heavy atom. The van der Waals surface area contributed by atoms with Crippen molar-refractivity contribution in [2.75, 3.05) is 7.11 Å². The second-order valence-electron chi connectivity index (χ2n) is 2.86. The van der Waals surface area contributed by atoms with Gasteiger partial charge in [0.1, 0.15) is 0 Å². The molecule has 0 atom stereocenters. The van der Waals surface area contributed by atoms with E-state index in [-0.39, 0.29) is 18.2 Å². The van der Waals surface area contributed by atoms with Gasteiger partial charge in [0.25, 0.3) is 0 Å². The zero-order valence-electron chi connectivity index (χ0n) is 7.58. The van der Waals surface area contributed by atoms with Gasteiger partial charge in [0, 0.05) is 15.0 Å². The van der Waals surface area contributed by atoms with Crippen LogP contribution in [0.25, 0.3) is 10.1 Å². The van der Waals surface area contributed by atoms with Gasteiger partial charge < -0.3 is 9.84 Å². The summed E-state index contributed by atoms with van der Waals surface area (Å²) in [6.45, 7) is -0.0545. The second-order valence-corrected chi connectivity index (χ2v) is 4.03. The Morgan fingerprint density at radius 3 is 2.93 bits per heavy atom. The molecular formula is C10H9FO2S. The molecule has 0 bridgehead atoms. The minimum Gasteiger partial charge on any atom is -0.494 e. The SMILES string of the molecule is COc1ccc2sc(CO)cc2c1F. The first-order valence-electron chi connectivity index (χ1n) is 4.12. The van der Waals surface area contributed by atoms with Gasteiger partial charge in [-0.25, -0.2) is 4.39 Å². The van der Waals surface area contributed by atoms with Crippen molar-refractivity contribution in [1.29, 1.82) is 0 Å². The highest BCUT2D eigenvalue weighted by atomic mass is 32.1. The van der Waals surface area contributed by atoms with Gasteiger partial charge in [0.2, 0.25) is 0 Å². The van der Waals surface area contributed by atoms with Crippen molar-refractivity contribution in [2.24, 2.45) is 0 Å². The monoisotopic (exact) mass is 212 g/mol. The third kappa shape index (κ3) is 1.36. The zero-order chi connectivity index (χ0) is 10.1. The largest absolute Gasteiger partial charge is 0.494 e. The number of hydrogen-bond donors (Lipinski definition) is 1. The van der Waals surface area contributed by atoms with Gasteiger partial charge >= 0.3 is 0 Å². The summed E-state index contributed by atoms with van der Waals surface area (Å²) in [4.78, 5) is 0.757. The molecule has 0 radical (unpaired) electrons. The summed E-state index contributed by atoms with van der Waals surface area (Å²) in [7, 11) is 1.43. The molecule has 0 aliphatic rings. The molecule has 1 heterocycles. The van der Waals surface area contributed by atoms with Crippen molar-refractivity contribution < 1.29 is 14.2 Å². The fourth-order valence-corrected chi connectivity index (χ4v) is 2.26. The molecule has 0 spiro atoms. The topological polar surface area (TPSA) is 29.5 Å². The summed E-state index contributed by atoms with van der Waals surface area (Å²) in [5.74, 6) is -0.124. The highest BCUT2D eigenvalue weighted by molar-refractivity contribution is 7.19. The first kappa shape index (κ1) is 9.43. The minimum absolute atomic E-state index is 0.0545. The van der Waals surface area contributed by atoms with E-state index >= 15 is 0 Å². The van der Waals surface area contributed by atoms with Gasteiger partial charge in [-0.2, -0.15) is 0 Å². The molecule has 0 saturated heterocycles. The number of benzene rings is 1. The Labute approximate surface area is 84.6 Å². The summed E-state index contributed by atoms with van der Waals surface area (Å²) in [5.41, 5.74) is 0. The lowest BCUT2D eigenvalue weighted by Crippen LogP contribution is -1.86. The molecule has 2 aromatic rings. The van der Waals surface area contributed by atoms with E-state index in [0.717, 1.165) is 9.58 Å². The Morgan fingerprint density at radius 1 is 1.50 bits per heavy atom. The second kappa shape index (κ2) is 3.55. The number of rotatable bonds is 2. The zero-order valence-corrected chi connectivity index (χ0v) is 8.40. The maximum Gasteiger partial charge on any atom is 0.173 e. The predicted molar refractivity (Wildman–Crippen MR) is 54.3 cm³/mol. The summed E-state index contributed by atoms with van der Waals surface area (Å²) >= 11 is 1.39. The first-order chi connectivity index (χ1) is 6.76. The third-order valence-corrected chi connectivity index (χ3v) is 3.11. The molecule has 0 fully saturated rings. The molecule has 1 N–H and O–H groups in total. The fraction of sp³-hybridized carbons (Fsp3) is 0.200. The van der Waals surface area contributed by atoms with Crippen LogP contribution in [0.4, 0.5) is 4.39 Å². The van der Waals surface area contributed by atoms with Gasteiger partial charge in [0.05, 0.1) is 13.7 Å². The van der Waals surface area contributed by atoms with Crippen molar-refractivity contribution in [3.63, 3.8) is 0 Å². The molecule has 0 saturated carbocycles. The van der Waals surface area contributed by atoms with E-state index in [4.69, 9.17) is 9.84 Å². The van der Waals surface area contributed by atoms with E-state index in [1.165, 1.54) is 18.4 Å². The van der Waals surface area contributed by atoms with Gasteiger partial charge in [-0.1, -0.05) is 0 Å². The standard InChI is InChI=1S/C10H9FO2S/c1-13-8-2-3-9-7(10(8)11)4-6(5-12)14-9/h2-4,12H,5H2,1H3. The third-order valence-electron chi connectivity index (χ3n) is 2.03. The molecule has 4 heteroatoms. The van der Waals surface area contributed by atoms with Crippen LogP contribution in [0.3, 0.4) is 0 Å². The Bertz CT molecular complexity index is 464. The van der Waals surface area contributed by atoms with Gasteiger partial charge in [-0.15, -0.1) is 11.3 Å². The van der Waals surface area contributed by atoms with Crippen molar-refractivity contribution in [1.82, 2.24) is 0 Å². The van der Waals surface area contributed by atoms with Crippen LogP contribution >= 0.6 is 11.3 Å². The number of fused-ring (bicyclic) bond motifs is 1. The number of thiophene rings is 1. The van der Waals surface area contributed by atoms with Crippen molar-refractivity contribution in [3.8, 4) is 5.75 Å². The Kier molecular flexibility index (Phi) is 2.39. The average molecular weight is 212 g/mol. The van der Waals surface area contributed by atoms with Crippen molar-refractivity contribution in [2.45, 2.75) is 6.61 Å². The van der Waals surface area contributed by atoms with E-state index < -0.39 is 0 Å². The lowest BCUT2D eigenvalue weighted by molar-refractivity contribution is 0.285. The van der Waals surface area contributed by atoms with Crippen LogP contribution < -0.4 is 4.74 Å². The summed E-state index contributed by atoms with van der Waals surface area (Å²) in [5, 5.41) is 9.43. The van der Waals surface area contributed by atoms with E-state index in [2.05, 4.69) is 0 Å². The first-order valence-corrected chi connectivity index (χ1v) is 4.93. The van der Waals surface area contributed by atoms with Crippen LogP contribution in [0, 0.1) is 5.82 Å². The molecule has 14 heavy (non-hydrogen) atoms. The lowest BCUT2D eigenvalue weighted by atomic mass is 10.2. The van der Waals surface area contributed by atoms with Crippen LogP contribution in [-0.4, -0.2) is 12.2 Å². The van der Waals surface area contributed by atoms with E-state index in [9.17, 15) is 4.39 Å². The number of hydrogen-bond acceptors (Lipinski definition) is 3. The number of ether oxygens (including phenoxy) is 1. The Balaban J connectivity index is 2.68. The predicted octanol–water partition coefficient (Wildman–Crippen LogP) is 2.54. The molecule has 0 aliphatic heterocycles. The molecule has 0 amide bonds. The average Bonchev–Trinajstić information content (AvgIpc) is 2.62. The van der Waals surface area contributed by atoms with Crippen LogP contribution in [0.5, 0.6) is 5.75 Å². The van der Waals surface area contributed by atoms with Crippen LogP contribution in [0.1, 0.15) is 4.88 Å². The van der Waals surface area contributed by atoms with Crippen LogP contribution in [0.15, 0.2) is 18.2 Å². The van der Waals surface area contributed by atoms with Crippen molar-refractivity contribution >= 4 is 21.4 Å². The summed E-state index contributed by atoms with van der Waals surface area (Å²) in [6.07, 6.45) is 0. The summed E-state index contributed by atoms with van der Waals surface area (Å²) in [6, 6.07) is 5.04. The number of aliphatic hydroxyl groups is 1. The lowest BCUT2D eigenvalue weighted by Gasteiger charge is -2.00. The normalized spacial score (nSPS) is 10.8. The van der Waals surface area contributed by atoms with Crippen molar-refractivity contribution in [3.05, 3.63) is 28.9 Å². The molecule has 2 nitrogen and oxygen atoms in total. The number of methoxy groups -OCH3 is 1. The quantitative estimate of drug-likeness (QED) is 0.829. The highest BCUT2D eigenvalue weighted by Crippen LogP contribution is 2.32. The smallest absolute Gasteiger partial charge is 0.173 e.